The van der Waals surface area contributed by atoms with Crippen molar-refractivity contribution in [2.24, 2.45) is 11.5 Å². The second-order valence-electron chi connectivity index (χ2n) is 2.52. The molecule has 0 aliphatic carbocycles. The van der Waals surface area contributed by atoms with Crippen LogP contribution >= 0.6 is 0 Å². The van der Waals surface area contributed by atoms with Gasteiger partial charge in [0.05, 0.1) is 0 Å². The molecule has 0 aromatic heterocycles. The lowest BCUT2D eigenvalue weighted by Gasteiger charge is -2.12. The molecule has 56 valence electrons. The fourth-order valence-electron chi connectivity index (χ4n) is 0.470. The van der Waals surface area contributed by atoms with Gasteiger partial charge in [-0.25, -0.2) is 0 Å². The average Bonchev–Trinajstić information content (AvgIpc) is 1.83. The van der Waals surface area contributed by atoms with Gasteiger partial charge in [-0.15, -0.1) is 0 Å². The van der Waals surface area contributed by atoms with E-state index >= 15 is 0 Å². The highest BCUT2D eigenvalue weighted by Gasteiger charge is 1.97. The first kappa shape index (κ1) is 8.88. The van der Waals surface area contributed by atoms with E-state index in [4.69, 9.17) is 11.5 Å². The summed E-state index contributed by atoms with van der Waals surface area (Å²) in [5.41, 5.74) is 10.8. The fraction of sp³-hybridized carbons (Fsp3) is 1.00. The van der Waals surface area contributed by atoms with E-state index in [1.54, 1.807) is 0 Å². The minimum Gasteiger partial charge on any atom is -0.329 e. The molecule has 0 bridgehead atoms. The normalized spacial score (nSPS) is 17.3. The molecule has 0 radical (unpaired) electrons. The van der Waals surface area contributed by atoms with E-state index in [-0.39, 0.29) is 6.04 Å². The topological polar surface area (TPSA) is 64.1 Å². The van der Waals surface area contributed by atoms with Crippen molar-refractivity contribution < 1.29 is 0 Å². The van der Waals surface area contributed by atoms with Gasteiger partial charge in [-0.05, 0) is 13.8 Å². The third-order valence-corrected chi connectivity index (χ3v) is 1.14. The van der Waals surface area contributed by atoms with Gasteiger partial charge in [-0.2, -0.15) is 0 Å². The third-order valence-electron chi connectivity index (χ3n) is 1.14. The second kappa shape index (κ2) is 4.73. The zero-order chi connectivity index (χ0) is 7.28. The zero-order valence-corrected chi connectivity index (χ0v) is 6.22. The molecule has 0 aromatic rings. The number of hydrogen-bond acceptors (Lipinski definition) is 3. The van der Waals surface area contributed by atoms with Gasteiger partial charge in [0.25, 0.3) is 0 Å². The van der Waals surface area contributed by atoms with E-state index in [0.29, 0.717) is 12.6 Å². The molecule has 0 aliphatic heterocycles. The van der Waals surface area contributed by atoms with E-state index in [1.807, 2.05) is 13.8 Å². The van der Waals surface area contributed by atoms with Crippen LogP contribution in [0.15, 0.2) is 0 Å². The van der Waals surface area contributed by atoms with Gasteiger partial charge in [0.1, 0.15) is 0 Å². The Morgan fingerprint density at radius 3 is 2.33 bits per heavy atom. The Bertz CT molecular complexity index is 63.3. The molecule has 5 N–H and O–H groups in total. The van der Waals surface area contributed by atoms with Crippen LogP contribution in [0.25, 0.3) is 0 Å². The Balaban J connectivity index is 3.06. The standard InChI is InChI=1S/C6H17N3/c1-5(8)4-9-6(2)3-7/h5-6,9H,3-4,7-8H2,1-2H3. The van der Waals surface area contributed by atoms with Crippen molar-refractivity contribution >= 4 is 0 Å². The highest BCUT2D eigenvalue weighted by molar-refractivity contribution is 4.64. The van der Waals surface area contributed by atoms with Crippen molar-refractivity contribution in [1.29, 1.82) is 0 Å². The first-order valence-corrected chi connectivity index (χ1v) is 3.36. The molecule has 9 heavy (non-hydrogen) atoms. The molecular weight excluding hydrogens is 114 g/mol. The highest BCUT2D eigenvalue weighted by atomic mass is 14.9. The van der Waals surface area contributed by atoms with Crippen molar-refractivity contribution in [2.75, 3.05) is 13.1 Å². The summed E-state index contributed by atoms with van der Waals surface area (Å²) in [6.07, 6.45) is 0. The smallest absolute Gasteiger partial charge is 0.0162 e. The molecule has 0 heterocycles. The molecule has 0 fully saturated rings. The number of nitrogens with one attached hydrogen (secondary N) is 1. The minimum absolute atomic E-state index is 0.221. The average molecular weight is 131 g/mol. The zero-order valence-electron chi connectivity index (χ0n) is 6.22. The summed E-state index contributed by atoms with van der Waals surface area (Å²) in [7, 11) is 0. The Morgan fingerprint density at radius 2 is 2.00 bits per heavy atom. The predicted octanol–water partition coefficient (Wildman–Crippen LogP) is -0.730. The molecule has 2 unspecified atom stereocenters. The van der Waals surface area contributed by atoms with Crippen LogP contribution in [0.5, 0.6) is 0 Å². The van der Waals surface area contributed by atoms with Gasteiger partial charge < -0.3 is 16.8 Å². The van der Waals surface area contributed by atoms with Gasteiger partial charge in [0.2, 0.25) is 0 Å². The van der Waals surface area contributed by atoms with Crippen LogP contribution in [0.3, 0.4) is 0 Å². The summed E-state index contributed by atoms with van der Waals surface area (Å²) in [6.45, 7) is 5.53. The fourth-order valence-corrected chi connectivity index (χ4v) is 0.470. The van der Waals surface area contributed by atoms with Gasteiger partial charge in [0.15, 0.2) is 0 Å². The van der Waals surface area contributed by atoms with Crippen LogP contribution < -0.4 is 16.8 Å². The lowest BCUT2D eigenvalue weighted by atomic mass is 10.3. The van der Waals surface area contributed by atoms with E-state index in [9.17, 15) is 0 Å². The summed E-state index contributed by atoms with van der Waals surface area (Å²) in [5.74, 6) is 0. The summed E-state index contributed by atoms with van der Waals surface area (Å²) < 4.78 is 0. The van der Waals surface area contributed by atoms with Crippen molar-refractivity contribution in [3.8, 4) is 0 Å². The van der Waals surface area contributed by atoms with E-state index in [0.717, 1.165) is 6.54 Å². The van der Waals surface area contributed by atoms with Gasteiger partial charge in [-0.3, -0.25) is 0 Å². The van der Waals surface area contributed by atoms with Crippen LogP contribution in [-0.4, -0.2) is 25.2 Å². The van der Waals surface area contributed by atoms with Crippen molar-refractivity contribution in [1.82, 2.24) is 5.32 Å². The first-order chi connectivity index (χ1) is 4.16. The largest absolute Gasteiger partial charge is 0.329 e. The summed E-state index contributed by atoms with van der Waals surface area (Å²) in [4.78, 5) is 0. The monoisotopic (exact) mass is 131 g/mol. The lowest BCUT2D eigenvalue weighted by molar-refractivity contribution is 0.523. The van der Waals surface area contributed by atoms with Crippen LogP contribution in [0.1, 0.15) is 13.8 Å². The van der Waals surface area contributed by atoms with E-state index in [1.165, 1.54) is 0 Å². The first-order valence-electron chi connectivity index (χ1n) is 3.36. The van der Waals surface area contributed by atoms with Gasteiger partial charge in [0, 0.05) is 25.2 Å². The van der Waals surface area contributed by atoms with Crippen LogP contribution in [0.4, 0.5) is 0 Å². The summed E-state index contributed by atoms with van der Waals surface area (Å²) in [6, 6.07) is 0.606. The van der Waals surface area contributed by atoms with Crippen LogP contribution in [0, 0.1) is 0 Å². The van der Waals surface area contributed by atoms with Crippen molar-refractivity contribution in [2.45, 2.75) is 25.9 Å². The minimum atomic E-state index is 0.221. The highest BCUT2D eigenvalue weighted by Crippen LogP contribution is 1.76. The molecule has 0 aromatic carbocycles. The van der Waals surface area contributed by atoms with Crippen molar-refractivity contribution in [3.05, 3.63) is 0 Å². The quantitative estimate of drug-likeness (QED) is 0.471. The maximum absolute atomic E-state index is 5.49. The molecule has 3 heteroatoms. The maximum atomic E-state index is 5.49. The van der Waals surface area contributed by atoms with Crippen molar-refractivity contribution in [3.63, 3.8) is 0 Å². The molecule has 0 saturated heterocycles. The molecule has 2 atom stereocenters. The molecule has 3 nitrogen and oxygen atoms in total. The molecule has 0 saturated carbocycles. The SMILES string of the molecule is CC(N)CNC(C)CN. The molecule has 0 rings (SSSR count). The molecule has 0 amide bonds. The predicted molar refractivity (Wildman–Crippen MR) is 40.2 cm³/mol. The maximum Gasteiger partial charge on any atom is 0.0162 e. The van der Waals surface area contributed by atoms with Crippen LogP contribution in [0.2, 0.25) is 0 Å². The Kier molecular flexibility index (Phi) is 4.67. The van der Waals surface area contributed by atoms with Gasteiger partial charge in [-0.1, -0.05) is 0 Å². The second-order valence-corrected chi connectivity index (χ2v) is 2.52. The lowest BCUT2D eigenvalue weighted by Crippen LogP contribution is -2.40. The summed E-state index contributed by atoms with van der Waals surface area (Å²) in [5, 5.41) is 3.18. The molecule has 0 spiro atoms. The van der Waals surface area contributed by atoms with Crippen LogP contribution in [-0.2, 0) is 0 Å². The summed E-state index contributed by atoms with van der Waals surface area (Å²) >= 11 is 0. The number of hydrogen-bond donors (Lipinski definition) is 3. The Hall–Kier alpha value is -0.120. The Morgan fingerprint density at radius 1 is 1.44 bits per heavy atom. The number of rotatable bonds is 4. The van der Waals surface area contributed by atoms with E-state index in [2.05, 4.69) is 5.32 Å². The number of nitrogens with two attached hydrogens (primary N) is 2. The Labute approximate surface area is 56.8 Å². The van der Waals surface area contributed by atoms with Gasteiger partial charge >= 0.3 is 0 Å². The third kappa shape index (κ3) is 5.76. The van der Waals surface area contributed by atoms with E-state index < -0.39 is 0 Å². The molecular formula is C6H17N3. The molecule has 0 aliphatic rings.